The van der Waals surface area contributed by atoms with Crippen molar-refractivity contribution in [3.05, 3.63) is 18.3 Å². The number of ether oxygens (including phenoxy) is 1. The number of piperazine rings is 1. The van der Waals surface area contributed by atoms with Gasteiger partial charge in [0, 0.05) is 38.6 Å². The summed E-state index contributed by atoms with van der Waals surface area (Å²) in [6, 6.07) is 3.66. The Hall–Kier alpha value is -1.67. The highest BCUT2D eigenvalue weighted by atomic mass is 32.2. The molecule has 1 N–H and O–H groups in total. The van der Waals surface area contributed by atoms with Crippen LogP contribution in [0.4, 0.5) is 10.5 Å². The van der Waals surface area contributed by atoms with Crippen LogP contribution in [-0.4, -0.2) is 53.3 Å². The van der Waals surface area contributed by atoms with Crippen LogP contribution in [0.3, 0.4) is 0 Å². The lowest BCUT2D eigenvalue weighted by Gasteiger charge is -2.30. The van der Waals surface area contributed by atoms with Crippen molar-refractivity contribution in [2.45, 2.75) is 31.4 Å². The Morgan fingerprint density at radius 1 is 1.39 bits per heavy atom. The van der Waals surface area contributed by atoms with Crippen LogP contribution in [0.15, 0.2) is 27.7 Å². The molecule has 1 saturated heterocycles. The van der Waals surface area contributed by atoms with Gasteiger partial charge in [0.15, 0.2) is 5.03 Å². The maximum absolute atomic E-state index is 13.0. The number of rotatable bonds is 2. The fraction of sp³-hybridized carbons (Fsp3) is 0.600. The zero-order valence-corrected chi connectivity index (χ0v) is 14.9. The molecular weight excluding hydrogens is 316 g/mol. The second-order valence-corrected chi connectivity index (χ2v) is 8.61. The van der Waals surface area contributed by atoms with Crippen molar-refractivity contribution >= 4 is 21.5 Å². The van der Waals surface area contributed by atoms with Gasteiger partial charge in [-0.2, -0.15) is 0 Å². The Balaban J connectivity index is 2.36. The molecular formula is C15H24N4O3S. The monoisotopic (exact) mass is 340 g/mol. The first-order valence-corrected chi connectivity index (χ1v) is 9.47. The molecule has 8 heteroatoms. The van der Waals surface area contributed by atoms with Crippen molar-refractivity contribution in [2.75, 3.05) is 37.3 Å². The number of hydrogen-bond donors (Lipinski definition) is 1. The van der Waals surface area contributed by atoms with Crippen LogP contribution in [0.25, 0.3) is 0 Å². The van der Waals surface area contributed by atoms with Crippen molar-refractivity contribution in [2.24, 2.45) is 4.36 Å². The summed E-state index contributed by atoms with van der Waals surface area (Å²) in [6.07, 6.45) is 2.15. The summed E-state index contributed by atoms with van der Waals surface area (Å²) in [4.78, 5) is 18.3. The molecule has 1 amide bonds. The third-order valence-electron chi connectivity index (χ3n) is 3.21. The number of anilines is 1. The predicted molar refractivity (Wildman–Crippen MR) is 90.3 cm³/mol. The highest BCUT2D eigenvalue weighted by Crippen LogP contribution is 2.24. The number of carbonyl (C=O) groups is 1. The minimum absolute atomic E-state index is 0.327. The van der Waals surface area contributed by atoms with Crippen LogP contribution in [0.2, 0.25) is 0 Å². The van der Waals surface area contributed by atoms with Gasteiger partial charge in [0.25, 0.3) is 0 Å². The van der Waals surface area contributed by atoms with Crippen LogP contribution in [-0.2, 0) is 14.5 Å². The van der Waals surface area contributed by atoms with Crippen LogP contribution < -0.4 is 10.2 Å². The molecule has 1 aromatic rings. The van der Waals surface area contributed by atoms with Crippen LogP contribution in [0, 0.1) is 0 Å². The van der Waals surface area contributed by atoms with E-state index in [0.717, 1.165) is 31.9 Å². The fourth-order valence-electron chi connectivity index (χ4n) is 2.29. The van der Waals surface area contributed by atoms with E-state index in [2.05, 4.69) is 19.6 Å². The molecule has 0 aliphatic carbocycles. The molecule has 0 bridgehead atoms. The lowest BCUT2D eigenvalue weighted by atomic mass is 10.2. The first kappa shape index (κ1) is 17.7. The zero-order valence-electron chi connectivity index (χ0n) is 14.0. The normalized spacial score (nSPS) is 18.2. The number of hydrogen-bond acceptors (Lipinski definition) is 6. The van der Waals surface area contributed by atoms with Gasteiger partial charge in [-0.1, -0.05) is 0 Å². The summed E-state index contributed by atoms with van der Waals surface area (Å²) in [6.45, 7) is 8.51. The number of nitrogens with zero attached hydrogens (tertiary/aromatic N) is 3. The standard InChI is InChI=1S/C15H24N4O3S/c1-15(2,3)22-14(20)18-23(4,21)13-12(6-5-7-17-13)19-10-8-16-9-11-19/h5-7,16H,8-11H2,1-4H3/t23-/m1/s1. The second-order valence-electron chi connectivity index (χ2n) is 6.44. The van der Waals surface area contributed by atoms with Crippen LogP contribution >= 0.6 is 0 Å². The lowest BCUT2D eigenvalue weighted by Crippen LogP contribution is -2.44. The second kappa shape index (κ2) is 6.84. The van der Waals surface area contributed by atoms with Crippen molar-refractivity contribution in [1.29, 1.82) is 0 Å². The fourth-order valence-corrected chi connectivity index (χ4v) is 3.54. The molecule has 1 fully saturated rings. The highest BCUT2D eigenvalue weighted by molar-refractivity contribution is 7.93. The lowest BCUT2D eigenvalue weighted by molar-refractivity contribution is 0.0607. The first-order valence-electron chi connectivity index (χ1n) is 7.55. The molecule has 7 nitrogen and oxygen atoms in total. The van der Waals surface area contributed by atoms with Crippen molar-refractivity contribution in [3.63, 3.8) is 0 Å². The molecule has 1 aliphatic rings. The first-order chi connectivity index (χ1) is 10.7. The smallest absolute Gasteiger partial charge is 0.442 e. The number of pyridine rings is 1. The molecule has 0 radical (unpaired) electrons. The molecule has 128 valence electrons. The number of carbonyl (C=O) groups excluding carboxylic acids is 1. The number of amides is 1. The van der Waals surface area contributed by atoms with Crippen LogP contribution in [0.5, 0.6) is 0 Å². The maximum atomic E-state index is 13.0. The summed E-state index contributed by atoms with van der Waals surface area (Å²) in [5, 5.41) is 3.60. The number of nitrogens with one attached hydrogen (secondary N) is 1. The van der Waals surface area contributed by atoms with Gasteiger partial charge < -0.3 is 15.0 Å². The minimum atomic E-state index is -2.98. The third-order valence-corrected chi connectivity index (χ3v) is 4.74. The average molecular weight is 340 g/mol. The van der Waals surface area contributed by atoms with E-state index >= 15 is 0 Å². The third kappa shape index (κ3) is 4.90. The Morgan fingerprint density at radius 2 is 2.04 bits per heavy atom. The van der Waals surface area contributed by atoms with Gasteiger partial charge in [-0.3, -0.25) is 0 Å². The Labute approximate surface area is 137 Å². The van der Waals surface area contributed by atoms with Gasteiger partial charge in [0.2, 0.25) is 0 Å². The van der Waals surface area contributed by atoms with E-state index in [9.17, 15) is 9.00 Å². The molecule has 0 aromatic carbocycles. The maximum Gasteiger partial charge on any atom is 0.442 e. The zero-order chi connectivity index (χ0) is 17.1. The minimum Gasteiger partial charge on any atom is -0.442 e. The summed E-state index contributed by atoms with van der Waals surface area (Å²) in [7, 11) is -2.98. The van der Waals surface area contributed by atoms with Gasteiger partial charge >= 0.3 is 6.09 Å². The Bertz CT molecular complexity index is 684. The molecule has 2 heterocycles. The van der Waals surface area contributed by atoms with Gasteiger partial charge in [-0.15, -0.1) is 4.36 Å². The molecule has 1 atom stereocenters. The molecule has 1 aliphatic heterocycles. The molecule has 2 rings (SSSR count). The van der Waals surface area contributed by atoms with Crippen LogP contribution in [0.1, 0.15) is 20.8 Å². The predicted octanol–water partition coefficient (Wildman–Crippen LogP) is 1.88. The summed E-state index contributed by atoms with van der Waals surface area (Å²) >= 11 is 0. The number of aromatic nitrogens is 1. The summed E-state index contributed by atoms with van der Waals surface area (Å²) in [5.74, 6) is 0. The molecule has 0 spiro atoms. The van der Waals surface area contributed by atoms with E-state index in [4.69, 9.17) is 4.74 Å². The van der Waals surface area contributed by atoms with E-state index in [1.807, 2.05) is 6.07 Å². The topological polar surface area (TPSA) is 83.9 Å². The van der Waals surface area contributed by atoms with E-state index in [1.54, 1.807) is 33.0 Å². The van der Waals surface area contributed by atoms with Gasteiger partial charge in [-0.25, -0.2) is 14.0 Å². The summed E-state index contributed by atoms with van der Waals surface area (Å²) in [5.41, 5.74) is 0.0792. The van der Waals surface area contributed by atoms with E-state index < -0.39 is 21.4 Å². The molecule has 0 unspecified atom stereocenters. The molecule has 0 saturated carbocycles. The van der Waals surface area contributed by atoms with Gasteiger partial charge in [0.1, 0.15) is 15.3 Å². The average Bonchev–Trinajstić information content (AvgIpc) is 2.45. The van der Waals surface area contributed by atoms with Gasteiger partial charge in [0.05, 0.1) is 5.69 Å². The Morgan fingerprint density at radius 3 is 2.65 bits per heavy atom. The Kier molecular flexibility index (Phi) is 5.26. The van der Waals surface area contributed by atoms with Crippen molar-refractivity contribution < 1.29 is 13.7 Å². The highest BCUT2D eigenvalue weighted by Gasteiger charge is 2.23. The molecule has 23 heavy (non-hydrogen) atoms. The molecule has 1 aromatic heterocycles. The van der Waals surface area contributed by atoms with Gasteiger partial charge in [-0.05, 0) is 32.9 Å². The van der Waals surface area contributed by atoms with Crippen molar-refractivity contribution in [3.8, 4) is 0 Å². The van der Waals surface area contributed by atoms with E-state index in [0.29, 0.717) is 5.03 Å². The SMILES string of the molecule is CC(C)(C)OC(=O)N=[S@](C)(=O)c1ncccc1N1CCNCC1. The van der Waals surface area contributed by atoms with E-state index in [-0.39, 0.29) is 0 Å². The summed E-state index contributed by atoms with van der Waals surface area (Å²) < 4.78 is 21.9. The van der Waals surface area contributed by atoms with Crippen molar-refractivity contribution in [1.82, 2.24) is 10.3 Å². The largest absolute Gasteiger partial charge is 0.442 e. The van der Waals surface area contributed by atoms with E-state index in [1.165, 1.54) is 6.26 Å². The quantitative estimate of drug-likeness (QED) is 0.885.